The van der Waals surface area contributed by atoms with Crippen LogP contribution in [0.2, 0.25) is 0 Å². The molecule has 1 heterocycles. The van der Waals surface area contributed by atoms with Gasteiger partial charge in [0, 0.05) is 6.42 Å². The molecule has 0 aromatic heterocycles. The molecule has 0 fully saturated rings. The van der Waals surface area contributed by atoms with E-state index in [4.69, 9.17) is 9.47 Å². The second-order valence-electron chi connectivity index (χ2n) is 4.40. The van der Waals surface area contributed by atoms with Gasteiger partial charge in [-0.2, -0.15) is 0 Å². The van der Waals surface area contributed by atoms with Crippen molar-refractivity contribution in [3.8, 4) is 5.75 Å². The standard InChI is InChI=1S/C15H21NO2/c1-3-10-16-15(14-5-4-11-18-14)12-6-8-13(17-2)9-7-12/h5-9,15-16H,3-4,10-11H2,1-2H3. The lowest BCUT2D eigenvalue weighted by Crippen LogP contribution is -2.24. The van der Waals surface area contributed by atoms with Crippen molar-refractivity contribution in [3.63, 3.8) is 0 Å². The maximum Gasteiger partial charge on any atom is 0.118 e. The normalized spacial score (nSPS) is 16.0. The summed E-state index contributed by atoms with van der Waals surface area (Å²) in [6.45, 7) is 3.95. The van der Waals surface area contributed by atoms with E-state index in [1.807, 2.05) is 12.1 Å². The first-order chi connectivity index (χ1) is 8.85. The third kappa shape index (κ3) is 3.05. The van der Waals surface area contributed by atoms with E-state index in [9.17, 15) is 0 Å². The summed E-state index contributed by atoms with van der Waals surface area (Å²) in [5.74, 6) is 1.93. The summed E-state index contributed by atoms with van der Waals surface area (Å²) in [5, 5.41) is 3.53. The molecule has 1 atom stereocenters. The molecule has 0 spiro atoms. The average Bonchev–Trinajstić information content (AvgIpc) is 2.94. The van der Waals surface area contributed by atoms with Crippen LogP contribution < -0.4 is 10.1 Å². The lowest BCUT2D eigenvalue weighted by atomic mass is 10.0. The zero-order chi connectivity index (χ0) is 12.8. The van der Waals surface area contributed by atoms with Crippen LogP contribution in [0.1, 0.15) is 31.4 Å². The molecule has 1 aliphatic rings. The van der Waals surface area contributed by atoms with Gasteiger partial charge in [0.05, 0.1) is 19.8 Å². The first-order valence-electron chi connectivity index (χ1n) is 6.55. The molecule has 98 valence electrons. The molecule has 1 unspecified atom stereocenters. The minimum Gasteiger partial charge on any atom is -0.497 e. The van der Waals surface area contributed by atoms with Crippen molar-refractivity contribution < 1.29 is 9.47 Å². The van der Waals surface area contributed by atoms with Crippen molar-refractivity contribution in [2.45, 2.75) is 25.8 Å². The highest BCUT2D eigenvalue weighted by atomic mass is 16.5. The molecule has 0 aliphatic carbocycles. The molecule has 18 heavy (non-hydrogen) atoms. The molecule has 0 radical (unpaired) electrons. The minimum atomic E-state index is 0.165. The summed E-state index contributed by atoms with van der Waals surface area (Å²) in [4.78, 5) is 0. The summed E-state index contributed by atoms with van der Waals surface area (Å²) < 4.78 is 10.9. The quantitative estimate of drug-likeness (QED) is 0.838. The second-order valence-corrected chi connectivity index (χ2v) is 4.40. The molecule has 0 bridgehead atoms. The largest absolute Gasteiger partial charge is 0.497 e. The molecule has 1 aliphatic heterocycles. The van der Waals surface area contributed by atoms with Crippen molar-refractivity contribution in [3.05, 3.63) is 41.7 Å². The van der Waals surface area contributed by atoms with Crippen LogP contribution in [0.15, 0.2) is 36.1 Å². The summed E-state index contributed by atoms with van der Waals surface area (Å²) >= 11 is 0. The first kappa shape index (κ1) is 13.0. The fourth-order valence-corrected chi connectivity index (χ4v) is 2.11. The number of hydrogen-bond acceptors (Lipinski definition) is 3. The first-order valence-corrected chi connectivity index (χ1v) is 6.55. The van der Waals surface area contributed by atoms with E-state index in [2.05, 4.69) is 30.4 Å². The Morgan fingerprint density at radius 2 is 2.11 bits per heavy atom. The number of methoxy groups -OCH3 is 1. The SMILES string of the molecule is CCCNC(C1=CCCO1)c1ccc(OC)cc1. The Bertz CT molecular complexity index is 397. The van der Waals surface area contributed by atoms with Gasteiger partial charge >= 0.3 is 0 Å². The van der Waals surface area contributed by atoms with E-state index < -0.39 is 0 Å². The van der Waals surface area contributed by atoms with E-state index >= 15 is 0 Å². The maximum absolute atomic E-state index is 5.69. The number of nitrogens with one attached hydrogen (secondary N) is 1. The summed E-state index contributed by atoms with van der Waals surface area (Å²) in [5.41, 5.74) is 1.22. The lowest BCUT2D eigenvalue weighted by Gasteiger charge is -2.20. The fraction of sp³-hybridized carbons (Fsp3) is 0.467. The van der Waals surface area contributed by atoms with Crippen molar-refractivity contribution in [2.75, 3.05) is 20.3 Å². The van der Waals surface area contributed by atoms with Gasteiger partial charge in [0.15, 0.2) is 0 Å². The van der Waals surface area contributed by atoms with Gasteiger partial charge in [-0.3, -0.25) is 0 Å². The van der Waals surface area contributed by atoms with Crippen molar-refractivity contribution in [1.29, 1.82) is 0 Å². The van der Waals surface area contributed by atoms with E-state index in [0.717, 1.165) is 37.5 Å². The smallest absolute Gasteiger partial charge is 0.118 e. The zero-order valence-corrected chi connectivity index (χ0v) is 11.1. The predicted molar refractivity (Wildman–Crippen MR) is 72.7 cm³/mol. The highest BCUT2D eigenvalue weighted by Gasteiger charge is 2.19. The number of hydrogen-bond donors (Lipinski definition) is 1. The predicted octanol–water partition coefficient (Wildman–Crippen LogP) is 3.04. The average molecular weight is 247 g/mol. The summed E-state index contributed by atoms with van der Waals surface area (Å²) in [6, 6.07) is 8.33. The fourth-order valence-electron chi connectivity index (χ4n) is 2.11. The highest BCUT2D eigenvalue weighted by molar-refractivity contribution is 5.32. The van der Waals surface area contributed by atoms with Crippen LogP contribution >= 0.6 is 0 Å². The molecule has 0 saturated carbocycles. The Kier molecular flexibility index (Phi) is 4.65. The second kappa shape index (κ2) is 6.45. The van der Waals surface area contributed by atoms with Crippen LogP contribution in [0.25, 0.3) is 0 Å². The topological polar surface area (TPSA) is 30.5 Å². The molecule has 3 heteroatoms. The maximum atomic E-state index is 5.69. The van der Waals surface area contributed by atoms with E-state index in [1.54, 1.807) is 7.11 Å². The summed E-state index contributed by atoms with van der Waals surface area (Å²) in [6.07, 6.45) is 4.30. The molecular weight excluding hydrogens is 226 g/mol. The molecule has 1 aromatic carbocycles. The van der Waals surface area contributed by atoms with Crippen LogP contribution in [-0.2, 0) is 4.74 Å². The van der Waals surface area contributed by atoms with Gasteiger partial charge < -0.3 is 14.8 Å². The third-order valence-corrected chi connectivity index (χ3v) is 3.06. The van der Waals surface area contributed by atoms with Crippen LogP contribution in [0.3, 0.4) is 0 Å². The number of rotatable bonds is 6. The third-order valence-electron chi connectivity index (χ3n) is 3.06. The van der Waals surface area contributed by atoms with Crippen LogP contribution in [0.4, 0.5) is 0 Å². The Balaban J connectivity index is 2.15. The molecule has 0 saturated heterocycles. The molecule has 0 amide bonds. The summed E-state index contributed by atoms with van der Waals surface area (Å²) in [7, 11) is 1.68. The van der Waals surface area contributed by atoms with Crippen LogP contribution in [0, 0.1) is 0 Å². The van der Waals surface area contributed by atoms with Crippen molar-refractivity contribution >= 4 is 0 Å². The van der Waals surface area contributed by atoms with E-state index in [1.165, 1.54) is 5.56 Å². The van der Waals surface area contributed by atoms with Gasteiger partial charge in [0.2, 0.25) is 0 Å². The number of ether oxygens (including phenoxy) is 2. The molecule has 3 nitrogen and oxygen atoms in total. The lowest BCUT2D eigenvalue weighted by molar-refractivity contribution is 0.215. The Labute approximate surface area is 109 Å². The van der Waals surface area contributed by atoms with Crippen LogP contribution in [0.5, 0.6) is 5.75 Å². The molecular formula is C15H21NO2. The van der Waals surface area contributed by atoms with Crippen molar-refractivity contribution in [1.82, 2.24) is 5.32 Å². The van der Waals surface area contributed by atoms with Crippen molar-refractivity contribution in [2.24, 2.45) is 0 Å². The van der Waals surface area contributed by atoms with Crippen LogP contribution in [-0.4, -0.2) is 20.3 Å². The van der Waals surface area contributed by atoms with Gasteiger partial charge in [0.1, 0.15) is 11.5 Å². The molecule has 2 rings (SSSR count). The van der Waals surface area contributed by atoms with Gasteiger partial charge in [-0.25, -0.2) is 0 Å². The van der Waals surface area contributed by atoms with Gasteiger partial charge in [-0.15, -0.1) is 0 Å². The highest BCUT2D eigenvalue weighted by Crippen LogP contribution is 2.27. The molecule has 1 N–H and O–H groups in total. The molecule has 1 aromatic rings. The number of benzene rings is 1. The van der Waals surface area contributed by atoms with E-state index in [0.29, 0.717) is 0 Å². The van der Waals surface area contributed by atoms with Gasteiger partial charge in [-0.05, 0) is 36.7 Å². The zero-order valence-electron chi connectivity index (χ0n) is 11.1. The van der Waals surface area contributed by atoms with Gasteiger partial charge in [-0.1, -0.05) is 19.1 Å². The Hall–Kier alpha value is -1.48. The van der Waals surface area contributed by atoms with E-state index in [-0.39, 0.29) is 6.04 Å². The minimum absolute atomic E-state index is 0.165. The Morgan fingerprint density at radius 1 is 1.33 bits per heavy atom. The van der Waals surface area contributed by atoms with Gasteiger partial charge in [0.25, 0.3) is 0 Å². The Morgan fingerprint density at radius 3 is 2.67 bits per heavy atom. The monoisotopic (exact) mass is 247 g/mol.